The molecule has 168 valence electrons. The van der Waals surface area contributed by atoms with E-state index in [4.69, 9.17) is 9.72 Å². The molecule has 0 unspecified atom stereocenters. The van der Waals surface area contributed by atoms with Gasteiger partial charge in [0.25, 0.3) is 0 Å². The molecule has 0 aliphatic carbocycles. The average molecular weight is 446 g/mol. The van der Waals surface area contributed by atoms with Crippen LogP contribution in [0.4, 0.5) is 4.79 Å². The Morgan fingerprint density at radius 3 is 2.70 bits per heavy atom. The molecule has 1 fully saturated rings. The number of carbonyl (C=O) groups is 1. The van der Waals surface area contributed by atoms with E-state index in [1.165, 1.54) is 4.57 Å². The molecule has 1 aliphatic rings. The number of carbonyl (C=O) groups excluding carboxylic acids is 1. The largest absolute Gasteiger partial charge is 0.444 e. The Morgan fingerprint density at radius 2 is 2.00 bits per heavy atom. The second-order valence-corrected chi connectivity index (χ2v) is 9.07. The molecular formula is C22H22N8O3. The summed E-state index contributed by atoms with van der Waals surface area (Å²) in [5.41, 5.74) is 2.11. The number of amides is 1. The van der Waals surface area contributed by atoms with Gasteiger partial charge in [0.05, 0.1) is 41.1 Å². The Kier molecular flexibility index (Phi) is 4.49. The van der Waals surface area contributed by atoms with Gasteiger partial charge in [-0.05, 0) is 32.9 Å². The third-order valence-electron chi connectivity index (χ3n) is 5.60. The lowest BCUT2D eigenvalue weighted by molar-refractivity contribution is 0.00104. The lowest BCUT2D eigenvalue weighted by Gasteiger charge is -2.39. The molecule has 0 spiro atoms. The van der Waals surface area contributed by atoms with Gasteiger partial charge in [0.2, 0.25) is 0 Å². The molecule has 1 amide bonds. The van der Waals surface area contributed by atoms with E-state index in [9.17, 15) is 14.9 Å². The molecule has 4 aromatic heterocycles. The van der Waals surface area contributed by atoms with Crippen LogP contribution >= 0.6 is 0 Å². The number of hydrogen-bond acceptors (Lipinski definition) is 7. The highest BCUT2D eigenvalue weighted by molar-refractivity contribution is 5.80. The zero-order valence-electron chi connectivity index (χ0n) is 18.7. The summed E-state index contributed by atoms with van der Waals surface area (Å²) in [6, 6.07) is 5.30. The topological polar surface area (TPSA) is 123 Å². The quantitative estimate of drug-likeness (QED) is 0.462. The Morgan fingerprint density at radius 1 is 1.24 bits per heavy atom. The van der Waals surface area contributed by atoms with E-state index < -0.39 is 11.7 Å². The number of pyridine rings is 1. The predicted octanol–water partition coefficient (Wildman–Crippen LogP) is 2.11. The van der Waals surface area contributed by atoms with Crippen molar-refractivity contribution in [2.75, 3.05) is 13.1 Å². The van der Waals surface area contributed by atoms with Crippen LogP contribution in [-0.4, -0.2) is 58.4 Å². The molecule has 0 N–H and O–H groups in total. The summed E-state index contributed by atoms with van der Waals surface area (Å²) >= 11 is 0. The van der Waals surface area contributed by atoms with Crippen molar-refractivity contribution in [1.29, 1.82) is 5.26 Å². The first-order valence-electron chi connectivity index (χ1n) is 10.5. The molecule has 1 aliphatic heterocycles. The number of aromatic nitrogens is 6. The van der Waals surface area contributed by atoms with Gasteiger partial charge in [-0.25, -0.2) is 24.1 Å². The fourth-order valence-corrected chi connectivity index (χ4v) is 3.91. The smallest absolute Gasteiger partial charge is 0.410 e. The van der Waals surface area contributed by atoms with Crippen molar-refractivity contribution in [1.82, 2.24) is 33.6 Å². The summed E-state index contributed by atoms with van der Waals surface area (Å²) in [5, 5.41) is 13.5. The van der Waals surface area contributed by atoms with Crippen molar-refractivity contribution < 1.29 is 9.53 Å². The van der Waals surface area contributed by atoms with Gasteiger partial charge in [-0.1, -0.05) is 0 Å². The van der Waals surface area contributed by atoms with Crippen LogP contribution in [0.15, 0.2) is 35.5 Å². The molecule has 0 radical (unpaired) electrons. The maximum Gasteiger partial charge on any atom is 0.410 e. The third-order valence-corrected chi connectivity index (χ3v) is 5.60. The second kappa shape index (κ2) is 7.16. The number of nitriles is 1. The third kappa shape index (κ3) is 3.40. The standard InChI is InChI=1S/C22H22N8O3/c1-22(2,3)33-21(32)28-11-14(12-28)30-19-17(27(4)20(30)31)10-24-18(26-19)15-9-25-29-6-5-13(8-23)7-16(15)29/h5-7,9-10,14H,11-12H2,1-4H3. The van der Waals surface area contributed by atoms with E-state index in [2.05, 4.69) is 16.2 Å². The molecule has 1 saturated heterocycles. The molecule has 33 heavy (non-hydrogen) atoms. The SMILES string of the molecule is Cn1c(=O)n(C2CN(C(=O)OC(C)(C)C)C2)c2nc(-c3cnn4ccc(C#N)cc34)ncc21. The van der Waals surface area contributed by atoms with E-state index in [-0.39, 0.29) is 11.7 Å². The molecule has 11 nitrogen and oxygen atoms in total. The van der Waals surface area contributed by atoms with Gasteiger partial charge in [0.1, 0.15) is 11.1 Å². The first-order chi connectivity index (χ1) is 15.7. The Balaban J connectivity index is 1.53. The maximum atomic E-state index is 13.0. The normalized spacial score (nSPS) is 14.5. The van der Waals surface area contributed by atoms with Gasteiger partial charge in [0.15, 0.2) is 11.5 Å². The monoisotopic (exact) mass is 446 g/mol. The number of nitrogens with zero attached hydrogens (tertiary/aromatic N) is 8. The number of aryl methyl sites for hydroxylation is 1. The summed E-state index contributed by atoms with van der Waals surface area (Å²) < 4.78 is 10.2. The Bertz CT molecular complexity index is 1510. The fraction of sp³-hybridized carbons (Fsp3) is 0.364. The van der Waals surface area contributed by atoms with Crippen molar-refractivity contribution in [3.05, 3.63) is 46.8 Å². The van der Waals surface area contributed by atoms with Gasteiger partial charge >= 0.3 is 11.8 Å². The minimum atomic E-state index is -0.583. The minimum Gasteiger partial charge on any atom is -0.444 e. The van der Waals surface area contributed by atoms with Crippen LogP contribution in [0, 0.1) is 11.3 Å². The van der Waals surface area contributed by atoms with Crippen LogP contribution in [0.5, 0.6) is 0 Å². The number of imidazole rings is 1. The number of rotatable bonds is 2. The molecule has 0 atom stereocenters. The molecule has 5 heterocycles. The van der Waals surface area contributed by atoms with Gasteiger partial charge in [-0.3, -0.25) is 9.13 Å². The van der Waals surface area contributed by atoms with E-state index >= 15 is 0 Å². The first-order valence-corrected chi connectivity index (χ1v) is 10.5. The van der Waals surface area contributed by atoms with Crippen molar-refractivity contribution in [3.63, 3.8) is 0 Å². The lowest BCUT2D eigenvalue weighted by atomic mass is 10.1. The summed E-state index contributed by atoms with van der Waals surface area (Å²) in [7, 11) is 1.67. The zero-order chi connectivity index (χ0) is 23.5. The summed E-state index contributed by atoms with van der Waals surface area (Å²) in [6.45, 7) is 6.16. The maximum absolute atomic E-state index is 13.0. The lowest BCUT2D eigenvalue weighted by Crippen LogP contribution is -2.54. The highest BCUT2D eigenvalue weighted by atomic mass is 16.6. The van der Waals surface area contributed by atoms with Crippen molar-refractivity contribution in [2.45, 2.75) is 32.4 Å². The van der Waals surface area contributed by atoms with E-state index in [1.807, 2.05) is 20.8 Å². The molecule has 0 bridgehead atoms. The number of fused-ring (bicyclic) bond motifs is 2. The van der Waals surface area contributed by atoms with Gasteiger partial charge in [0, 0.05) is 26.3 Å². The number of hydrogen-bond donors (Lipinski definition) is 0. The summed E-state index contributed by atoms with van der Waals surface area (Å²) in [5.74, 6) is 0.398. The number of likely N-dealkylation sites (tertiary alicyclic amines) is 1. The zero-order valence-corrected chi connectivity index (χ0v) is 18.7. The fourth-order valence-electron chi connectivity index (χ4n) is 3.91. The van der Waals surface area contributed by atoms with Crippen LogP contribution in [0.2, 0.25) is 0 Å². The van der Waals surface area contributed by atoms with Crippen molar-refractivity contribution in [3.8, 4) is 17.5 Å². The molecule has 0 aromatic carbocycles. The van der Waals surface area contributed by atoms with Crippen LogP contribution in [0.25, 0.3) is 28.1 Å². The van der Waals surface area contributed by atoms with Gasteiger partial charge < -0.3 is 9.64 Å². The van der Waals surface area contributed by atoms with Gasteiger partial charge in [-0.2, -0.15) is 10.4 Å². The summed E-state index contributed by atoms with van der Waals surface area (Å²) in [6.07, 6.45) is 4.55. The Labute approximate surface area is 188 Å². The number of ether oxygens (including phenoxy) is 1. The average Bonchev–Trinajstić information content (AvgIpc) is 3.25. The highest BCUT2D eigenvalue weighted by Crippen LogP contribution is 2.28. The van der Waals surface area contributed by atoms with Crippen molar-refractivity contribution >= 4 is 22.8 Å². The summed E-state index contributed by atoms with van der Waals surface area (Å²) in [4.78, 5) is 36.0. The van der Waals surface area contributed by atoms with E-state index in [1.54, 1.807) is 51.8 Å². The molecular weight excluding hydrogens is 424 g/mol. The molecule has 11 heteroatoms. The van der Waals surface area contributed by atoms with Crippen LogP contribution in [0.1, 0.15) is 32.4 Å². The first kappa shape index (κ1) is 20.7. The highest BCUT2D eigenvalue weighted by Gasteiger charge is 2.37. The second-order valence-electron chi connectivity index (χ2n) is 9.07. The van der Waals surface area contributed by atoms with Crippen LogP contribution in [0.3, 0.4) is 0 Å². The van der Waals surface area contributed by atoms with Crippen LogP contribution < -0.4 is 5.69 Å². The predicted molar refractivity (Wildman–Crippen MR) is 119 cm³/mol. The molecule has 4 aromatic rings. The molecule has 5 rings (SSSR count). The van der Waals surface area contributed by atoms with Crippen molar-refractivity contribution in [2.24, 2.45) is 7.05 Å². The molecule has 0 saturated carbocycles. The minimum absolute atomic E-state index is 0.217. The van der Waals surface area contributed by atoms with E-state index in [0.29, 0.717) is 46.7 Å². The van der Waals surface area contributed by atoms with Crippen LogP contribution in [-0.2, 0) is 11.8 Å². The Hall–Kier alpha value is -4.20. The van der Waals surface area contributed by atoms with E-state index in [0.717, 1.165) is 0 Å². The van der Waals surface area contributed by atoms with Gasteiger partial charge in [-0.15, -0.1) is 0 Å².